The molecule has 0 amide bonds. The van der Waals surface area contributed by atoms with Gasteiger partial charge in [-0.25, -0.2) is 9.97 Å². The Kier molecular flexibility index (Phi) is 4.10. The normalized spacial score (nSPS) is 22.0. The number of aromatic nitrogens is 3. The van der Waals surface area contributed by atoms with Crippen LogP contribution >= 0.6 is 0 Å². The van der Waals surface area contributed by atoms with Crippen LogP contribution < -0.4 is 5.32 Å². The number of hydrogen-bond donors (Lipinski definition) is 2. The van der Waals surface area contributed by atoms with E-state index in [-0.39, 0.29) is 6.10 Å². The topological polar surface area (TPSA) is 70.9 Å². The third-order valence-corrected chi connectivity index (χ3v) is 3.82. The van der Waals surface area contributed by atoms with E-state index in [0.29, 0.717) is 11.9 Å². The van der Waals surface area contributed by atoms with E-state index in [9.17, 15) is 5.11 Å². The van der Waals surface area contributed by atoms with Crippen molar-refractivity contribution in [2.45, 2.75) is 44.8 Å². The molecule has 110 valence electrons. The van der Waals surface area contributed by atoms with Gasteiger partial charge in [0.05, 0.1) is 6.10 Å². The van der Waals surface area contributed by atoms with Crippen LogP contribution in [0, 0.1) is 6.92 Å². The van der Waals surface area contributed by atoms with Gasteiger partial charge in [0.25, 0.3) is 0 Å². The summed E-state index contributed by atoms with van der Waals surface area (Å²) in [4.78, 5) is 13.2. The second-order valence-electron chi connectivity index (χ2n) is 5.61. The van der Waals surface area contributed by atoms with E-state index >= 15 is 0 Å². The molecule has 5 nitrogen and oxygen atoms in total. The average Bonchev–Trinajstić information content (AvgIpc) is 2.50. The Hall–Kier alpha value is -2.01. The first-order valence-corrected chi connectivity index (χ1v) is 7.41. The number of hydrogen-bond acceptors (Lipinski definition) is 5. The Bertz CT molecular complexity index is 594. The van der Waals surface area contributed by atoms with Crippen molar-refractivity contribution in [1.29, 1.82) is 0 Å². The Balaban J connectivity index is 1.78. The fourth-order valence-electron chi connectivity index (χ4n) is 2.70. The molecule has 2 heterocycles. The predicted molar refractivity (Wildman–Crippen MR) is 81.9 cm³/mol. The molecule has 0 radical (unpaired) electrons. The molecule has 0 unspecified atom stereocenters. The first-order chi connectivity index (χ1) is 10.2. The highest BCUT2D eigenvalue weighted by atomic mass is 16.3. The van der Waals surface area contributed by atoms with E-state index in [0.717, 1.165) is 42.8 Å². The van der Waals surface area contributed by atoms with E-state index in [4.69, 9.17) is 0 Å². The summed E-state index contributed by atoms with van der Waals surface area (Å²) in [7, 11) is 0. The molecule has 0 saturated heterocycles. The fourth-order valence-corrected chi connectivity index (χ4v) is 2.70. The number of rotatable bonds is 3. The Morgan fingerprint density at radius 1 is 1.19 bits per heavy atom. The molecule has 5 heteroatoms. The molecule has 0 atom stereocenters. The van der Waals surface area contributed by atoms with Crippen molar-refractivity contribution < 1.29 is 5.11 Å². The Labute approximate surface area is 124 Å². The quantitative estimate of drug-likeness (QED) is 0.906. The largest absolute Gasteiger partial charge is 0.393 e. The van der Waals surface area contributed by atoms with Crippen molar-refractivity contribution in [2.75, 3.05) is 5.32 Å². The summed E-state index contributed by atoms with van der Waals surface area (Å²) >= 11 is 0. The maximum absolute atomic E-state index is 9.57. The third kappa shape index (κ3) is 3.55. The monoisotopic (exact) mass is 284 g/mol. The number of nitrogens with one attached hydrogen (secondary N) is 1. The van der Waals surface area contributed by atoms with Gasteiger partial charge in [-0.15, -0.1) is 0 Å². The van der Waals surface area contributed by atoms with Crippen molar-refractivity contribution in [1.82, 2.24) is 15.0 Å². The van der Waals surface area contributed by atoms with Gasteiger partial charge >= 0.3 is 0 Å². The van der Waals surface area contributed by atoms with Crippen molar-refractivity contribution in [2.24, 2.45) is 0 Å². The molecular formula is C16H20N4O. The van der Waals surface area contributed by atoms with Crippen LogP contribution in [-0.2, 0) is 0 Å². The molecule has 0 bridgehead atoms. The zero-order valence-electron chi connectivity index (χ0n) is 12.2. The highest BCUT2D eigenvalue weighted by molar-refractivity contribution is 5.56. The minimum Gasteiger partial charge on any atom is -0.393 e. The van der Waals surface area contributed by atoms with E-state index < -0.39 is 0 Å². The molecule has 2 N–H and O–H groups in total. The van der Waals surface area contributed by atoms with Crippen LogP contribution in [0.25, 0.3) is 11.4 Å². The lowest BCUT2D eigenvalue weighted by atomic mass is 9.93. The lowest BCUT2D eigenvalue weighted by molar-refractivity contribution is 0.126. The van der Waals surface area contributed by atoms with Gasteiger partial charge in [-0.3, -0.25) is 4.98 Å². The van der Waals surface area contributed by atoms with Gasteiger partial charge < -0.3 is 10.4 Å². The summed E-state index contributed by atoms with van der Waals surface area (Å²) < 4.78 is 0. The number of anilines is 1. The zero-order valence-corrected chi connectivity index (χ0v) is 12.2. The first-order valence-electron chi connectivity index (χ1n) is 7.41. The van der Waals surface area contributed by atoms with Gasteiger partial charge in [-0.2, -0.15) is 0 Å². The highest BCUT2D eigenvalue weighted by Crippen LogP contribution is 2.23. The van der Waals surface area contributed by atoms with Crippen LogP contribution in [0.1, 0.15) is 31.4 Å². The van der Waals surface area contributed by atoms with Crippen molar-refractivity contribution in [3.63, 3.8) is 0 Å². The van der Waals surface area contributed by atoms with Crippen molar-refractivity contribution in [3.05, 3.63) is 36.3 Å². The van der Waals surface area contributed by atoms with Crippen molar-refractivity contribution in [3.8, 4) is 11.4 Å². The van der Waals surface area contributed by atoms with Crippen LogP contribution in [0.4, 0.5) is 5.82 Å². The molecule has 0 spiro atoms. The van der Waals surface area contributed by atoms with Gasteiger partial charge in [0.1, 0.15) is 5.82 Å². The number of aliphatic hydroxyl groups is 1. The van der Waals surface area contributed by atoms with E-state index in [1.165, 1.54) is 0 Å². The SMILES string of the molecule is Cc1cc(NC2CCC(O)CC2)nc(-c2cccnc2)n1. The average molecular weight is 284 g/mol. The third-order valence-electron chi connectivity index (χ3n) is 3.82. The minimum absolute atomic E-state index is 0.138. The number of aliphatic hydroxyl groups excluding tert-OH is 1. The molecule has 1 aliphatic rings. The van der Waals surface area contributed by atoms with Gasteiger partial charge in [-0.05, 0) is 44.7 Å². The maximum atomic E-state index is 9.57. The number of pyridine rings is 1. The van der Waals surface area contributed by atoms with E-state index in [1.807, 2.05) is 25.1 Å². The molecular weight excluding hydrogens is 264 g/mol. The molecule has 1 aliphatic carbocycles. The van der Waals surface area contributed by atoms with Crippen LogP contribution in [0.5, 0.6) is 0 Å². The van der Waals surface area contributed by atoms with Gasteiger partial charge in [0.2, 0.25) is 0 Å². The molecule has 1 saturated carbocycles. The highest BCUT2D eigenvalue weighted by Gasteiger charge is 2.19. The smallest absolute Gasteiger partial charge is 0.163 e. The second kappa shape index (κ2) is 6.18. The molecule has 2 aromatic rings. The van der Waals surface area contributed by atoms with Crippen LogP contribution in [0.2, 0.25) is 0 Å². The van der Waals surface area contributed by atoms with Crippen LogP contribution in [0.15, 0.2) is 30.6 Å². The summed E-state index contributed by atoms with van der Waals surface area (Å²) in [6.45, 7) is 1.97. The zero-order chi connectivity index (χ0) is 14.7. The summed E-state index contributed by atoms with van der Waals surface area (Å²) in [6, 6.07) is 6.19. The molecule has 3 rings (SSSR count). The van der Waals surface area contributed by atoms with Crippen LogP contribution in [-0.4, -0.2) is 32.2 Å². The molecule has 1 fully saturated rings. The standard InChI is InChI=1S/C16H20N4O/c1-11-9-15(19-13-4-6-14(21)7-5-13)20-16(18-11)12-3-2-8-17-10-12/h2-3,8-10,13-14,21H,4-7H2,1H3,(H,18,19,20). The van der Waals surface area contributed by atoms with Gasteiger partial charge in [0, 0.05) is 35.8 Å². The lowest BCUT2D eigenvalue weighted by Gasteiger charge is -2.26. The van der Waals surface area contributed by atoms with E-state index in [2.05, 4.69) is 20.3 Å². The summed E-state index contributed by atoms with van der Waals surface area (Å²) in [5.74, 6) is 1.55. The number of aryl methyl sites for hydroxylation is 1. The van der Waals surface area contributed by atoms with Gasteiger partial charge in [-0.1, -0.05) is 0 Å². The predicted octanol–water partition coefficient (Wildman–Crippen LogP) is 2.56. The van der Waals surface area contributed by atoms with E-state index in [1.54, 1.807) is 12.4 Å². The Morgan fingerprint density at radius 3 is 2.71 bits per heavy atom. The number of nitrogens with zero attached hydrogens (tertiary/aromatic N) is 3. The minimum atomic E-state index is -0.138. The summed E-state index contributed by atoms with van der Waals surface area (Å²) in [6.07, 6.45) is 7.05. The molecule has 21 heavy (non-hydrogen) atoms. The second-order valence-corrected chi connectivity index (χ2v) is 5.61. The van der Waals surface area contributed by atoms with Crippen LogP contribution in [0.3, 0.4) is 0 Å². The lowest BCUT2D eigenvalue weighted by Crippen LogP contribution is -2.28. The molecule has 0 aromatic carbocycles. The molecule has 2 aromatic heterocycles. The summed E-state index contributed by atoms with van der Waals surface area (Å²) in [5.41, 5.74) is 1.85. The maximum Gasteiger partial charge on any atom is 0.163 e. The van der Waals surface area contributed by atoms with Crippen molar-refractivity contribution >= 4 is 5.82 Å². The summed E-state index contributed by atoms with van der Waals surface area (Å²) in [5, 5.41) is 13.0. The first kappa shape index (κ1) is 13.9. The Morgan fingerprint density at radius 2 is 2.00 bits per heavy atom. The van der Waals surface area contributed by atoms with Gasteiger partial charge in [0.15, 0.2) is 5.82 Å². The molecule has 0 aliphatic heterocycles. The fraction of sp³-hybridized carbons (Fsp3) is 0.438.